The first kappa shape index (κ1) is 14.3. The van der Waals surface area contributed by atoms with Crippen LogP contribution < -0.4 is 11.3 Å². The SMILES string of the molecule is CCCCCCCC(NN)c1cc(C)oc1C. The quantitative estimate of drug-likeness (QED) is 0.412. The fourth-order valence-corrected chi connectivity index (χ4v) is 2.28. The van der Waals surface area contributed by atoms with Crippen molar-refractivity contribution in [3.63, 3.8) is 0 Å². The fourth-order valence-electron chi connectivity index (χ4n) is 2.28. The molecule has 1 heterocycles. The molecule has 98 valence electrons. The summed E-state index contributed by atoms with van der Waals surface area (Å²) in [6, 6.07) is 2.32. The minimum Gasteiger partial charge on any atom is -0.466 e. The molecule has 1 rings (SSSR count). The van der Waals surface area contributed by atoms with Crippen LogP contribution in [0.3, 0.4) is 0 Å². The molecule has 0 saturated heterocycles. The zero-order chi connectivity index (χ0) is 12.7. The molecule has 0 fully saturated rings. The van der Waals surface area contributed by atoms with Crippen LogP contribution in [0.4, 0.5) is 0 Å². The maximum absolute atomic E-state index is 5.63. The standard InChI is InChI=1S/C14H26N2O/c1-4-5-6-7-8-9-14(16-15)13-10-11(2)17-12(13)3/h10,14,16H,4-9,15H2,1-3H3. The molecule has 3 N–H and O–H groups in total. The first-order chi connectivity index (χ1) is 8.19. The molecule has 1 aromatic heterocycles. The summed E-state index contributed by atoms with van der Waals surface area (Å²) in [5.74, 6) is 7.58. The number of unbranched alkanes of at least 4 members (excludes halogenated alkanes) is 4. The Morgan fingerprint density at radius 1 is 1.24 bits per heavy atom. The number of aryl methyl sites for hydroxylation is 2. The van der Waals surface area contributed by atoms with Gasteiger partial charge in [-0.15, -0.1) is 0 Å². The third-order valence-corrected chi connectivity index (χ3v) is 3.25. The summed E-state index contributed by atoms with van der Waals surface area (Å²) in [5.41, 5.74) is 4.11. The van der Waals surface area contributed by atoms with Crippen LogP contribution >= 0.6 is 0 Å². The highest BCUT2D eigenvalue weighted by Crippen LogP contribution is 2.25. The number of hydrazine groups is 1. The second-order valence-corrected chi connectivity index (χ2v) is 4.79. The predicted molar refractivity (Wildman–Crippen MR) is 71.6 cm³/mol. The van der Waals surface area contributed by atoms with Gasteiger partial charge in [0.15, 0.2) is 0 Å². The van der Waals surface area contributed by atoms with Gasteiger partial charge in [-0.05, 0) is 26.3 Å². The van der Waals surface area contributed by atoms with Crippen LogP contribution in [0.25, 0.3) is 0 Å². The molecule has 0 bridgehead atoms. The van der Waals surface area contributed by atoms with E-state index in [1.54, 1.807) is 0 Å². The summed E-state index contributed by atoms with van der Waals surface area (Å²) in [7, 11) is 0. The average molecular weight is 238 g/mol. The molecule has 0 amide bonds. The number of hydrogen-bond donors (Lipinski definition) is 2. The second kappa shape index (κ2) is 7.51. The van der Waals surface area contributed by atoms with E-state index in [1.165, 1.54) is 37.7 Å². The summed E-state index contributed by atoms with van der Waals surface area (Å²) in [6.45, 7) is 6.22. The van der Waals surface area contributed by atoms with E-state index >= 15 is 0 Å². The minimum atomic E-state index is 0.231. The van der Waals surface area contributed by atoms with E-state index in [2.05, 4.69) is 18.4 Å². The van der Waals surface area contributed by atoms with Crippen LogP contribution in [-0.2, 0) is 0 Å². The highest BCUT2D eigenvalue weighted by Gasteiger charge is 2.15. The highest BCUT2D eigenvalue weighted by atomic mass is 16.3. The number of hydrogen-bond acceptors (Lipinski definition) is 3. The Morgan fingerprint density at radius 2 is 1.94 bits per heavy atom. The van der Waals surface area contributed by atoms with Gasteiger partial charge in [-0.25, -0.2) is 0 Å². The lowest BCUT2D eigenvalue weighted by Crippen LogP contribution is -2.28. The Balaban J connectivity index is 2.40. The van der Waals surface area contributed by atoms with Gasteiger partial charge < -0.3 is 4.42 Å². The van der Waals surface area contributed by atoms with Crippen LogP contribution in [-0.4, -0.2) is 0 Å². The summed E-state index contributed by atoms with van der Waals surface area (Å²) in [5, 5.41) is 0. The molecule has 3 nitrogen and oxygen atoms in total. The molecular formula is C14H26N2O. The van der Waals surface area contributed by atoms with Crippen molar-refractivity contribution in [1.82, 2.24) is 5.43 Å². The molecule has 0 aromatic carbocycles. The summed E-state index contributed by atoms with van der Waals surface area (Å²) >= 11 is 0. The number of furan rings is 1. The zero-order valence-corrected chi connectivity index (χ0v) is 11.4. The molecular weight excluding hydrogens is 212 g/mol. The van der Waals surface area contributed by atoms with E-state index in [4.69, 9.17) is 10.3 Å². The Kier molecular flexibility index (Phi) is 6.30. The van der Waals surface area contributed by atoms with Gasteiger partial charge in [0.2, 0.25) is 0 Å². The van der Waals surface area contributed by atoms with Crippen LogP contribution in [0.1, 0.15) is 68.6 Å². The first-order valence-electron chi connectivity index (χ1n) is 6.72. The van der Waals surface area contributed by atoms with E-state index in [0.717, 1.165) is 17.9 Å². The largest absolute Gasteiger partial charge is 0.466 e. The lowest BCUT2D eigenvalue weighted by Gasteiger charge is -2.14. The second-order valence-electron chi connectivity index (χ2n) is 4.79. The highest BCUT2D eigenvalue weighted by molar-refractivity contribution is 5.23. The van der Waals surface area contributed by atoms with Gasteiger partial charge in [0.25, 0.3) is 0 Å². The molecule has 17 heavy (non-hydrogen) atoms. The van der Waals surface area contributed by atoms with Gasteiger partial charge >= 0.3 is 0 Å². The van der Waals surface area contributed by atoms with Crippen molar-refractivity contribution < 1.29 is 4.42 Å². The molecule has 1 aromatic rings. The third-order valence-electron chi connectivity index (χ3n) is 3.25. The Labute approximate surface area is 105 Å². The number of rotatable bonds is 8. The minimum absolute atomic E-state index is 0.231. The number of nitrogens with two attached hydrogens (primary N) is 1. The summed E-state index contributed by atoms with van der Waals surface area (Å²) < 4.78 is 5.55. The van der Waals surface area contributed by atoms with Crippen molar-refractivity contribution in [2.45, 2.75) is 65.3 Å². The maximum Gasteiger partial charge on any atom is 0.105 e. The molecule has 1 atom stereocenters. The Hall–Kier alpha value is -0.800. The van der Waals surface area contributed by atoms with Crippen molar-refractivity contribution >= 4 is 0 Å². The van der Waals surface area contributed by atoms with Crippen molar-refractivity contribution in [2.24, 2.45) is 5.84 Å². The van der Waals surface area contributed by atoms with Crippen LogP contribution in [0.5, 0.6) is 0 Å². The van der Waals surface area contributed by atoms with Crippen molar-refractivity contribution in [3.8, 4) is 0 Å². The van der Waals surface area contributed by atoms with Gasteiger partial charge in [0.05, 0.1) is 0 Å². The number of nitrogens with one attached hydrogen (secondary N) is 1. The lowest BCUT2D eigenvalue weighted by molar-refractivity contribution is 0.457. The fraction of sp³-hybridized carbons (Fsp3) is 0.714. The van der Waals surface area contributed by atoms with Crippen molar-refractivity contribution in [2.75, 3.05) is 0 Å². The lowest BCUT2D eigenvalue weighted by atomic mass is 10.0. The molecule has 0 aliphatic carbocycles. The normalized spacial score (nSPS) is 12.9. The van der Waals surface area contributed by atoms with E-state index in [0.29, 0.717) is 0 Å². The molecule has 0 saturated carbocycles. The smallest absolute Gasteiger partial charge is 0.105 e. The molecule has 0 aliphatic heterocycles. The van der Waals surface area contributed by atoms with Crippen LogP contribution in [0, 0.1) is 13.8 Å². The van der Waals surface area contributed by atoms with E-state index < -0.39 is 0 Å². The molecule has 0 aliphatic rings. The van der Waals surface area contributed by atoms with Crippen molar-refractivity contribution in [1.29, 1.82) is 0 Å². The van der Waals surface area contributed by atoms with Gasteiger partial charge in [0.1, 0.15) is 11.5 Å². The molecule has 0 spiro atoms. The average Bonchev–Trinajstić information content (AvgIpc) is 2.63. The summed E-state index contributed by atoms with van der Waals surface area (Å²) in [4.78, 5) is 0. The maximum atomic E-state index is 5.63. The van der Waals surface area contributed by atoms with Crippen LogP contribution in [0.15, 0.2) is 10.5 Å². The van der Waals surface area contributed by atoms with E-state index in [-0.39, 0.29) is 6.04 Å². The van der Waals surface area contributed by atoms with Gasteiger partial charge in [-0.2, -0.15) is 0 Å². The Morgan fingerprint density at radius 3 is 2.47 bits per heavy atom. The van der Waals surface area contributed by atoms with E-state index in [1.807, 2.05) is 13.8 Å². The van der Waals surface area contributed by atoms with Gasteiger partial charge in [0, 0.05) is 11.6 Å². The monoisotopic (exact) mass is 238 g/mol. The molecule has 1 unspecified atom stereocenters. The van der Waals surface area contributed by atoms with E-state index in [9.17, 15) is 0 Å². The van der Waals surface area contributed by atoms with Crippen molar-refractivity contribution in [3.05, 3.63) is 23.2 Å². The molecule has 3 heteroatoms. The predicted octanol–water partition coefficient (Wildman–Crippen LogP) is 3.76. The van der Waals surface area contributed by atoms with Gasteiger partial charge in [-0.3, -0.25) is 11.3 Å². The molecule has 0 radical (unpaired) electrons. The first-order valence-corrected chi connectivity index (χ1v) is 6.72. The Bertz CT molecular complexity index is 320. The third kappa shape index (κ3) is 4.52. The van der Waals surface area contributed by atoms with Gasteiger partial charge in [-0.1, -0.05) is 39.0 Å². The zero-order valence-electron chi connectivity index (χ0n) is 11.4. The topological polar surface area (TPSA) is 51.2 Å². The van der Waals surface area contributed by atoms with Crippen LogP contribution in [0.2, 0.25) is 0 Å². The summed E-state index contributed by atoms with van der Waals surface area (Å²) in [6.07, 6.45) is 7.56.